The van der Waals surface area contributed by atoms with Crippen LogP contribution >= 0.6 is 0 Å². The van der Waals surface area contributed by atoms with E-state index in [1.165, 1.54) is 33.9 Å². The van der Waals surface area contributed by atoms with E-state index in [0.29, 0.717) is 29.8 Å². The Balaban J connectivity index is 1.15. The quantitative estimate of drug-likeness (QED) is 0.428. The third kappa shape index (κ3) is 3.33. The van der Waals surface area contributed by atoms with Gasteiger partial charge in [0.2, 0.25) is 0 Å². The van der Waals surface area contributed by atoms with Crippen molar-refractivity contribution in [2.24, 2.45) is 17.8 Å². The van der Waals surface area contributed by atoms with Crippen LogP contribution in [0.1, 0.15) is 19.3 Å². The van der Waals surface area contributed by atoms with E-state index in [1.54, 1.807) is 5.57 Å². The lowest BCUT2D eigenvalue weighted by Crippen LogP contribution is -2.36. The number of rotatable bonds is 3. The molecular weight excluding hydrogens is 460 g/mol. The van der Waals surface area contributed by atoms with Crippen LogP contribution in [0, 0.1) is 17.8 Å². The van der Waals surface area contributed by atoms with Crippen LogP contribution in [0.3, 0.4) is 0 Å². The highest BCUT2D eigenvalue weighted by Gasteiger charge is 2.46. The van der Waals surface area contributed by atoms with Crippen LogP contribution in [0.15, 0.2) is 156 Å². The molecular formula is C36H32N2. The Labute approximate surface area is 225 Å². The van der Waals surface area contributed by atoms with Crippen molar-refractivity contribution in [1.82, 2.24) is 0 Å². The Kier molecular flexibility index (Phi) is 5.07. The summed E-state index contributed by atoms with van der Waals surface area (Å²) in [4.78, 5) is 5.13. The van der Waals surface area contributed by atoms with E-state index in [-0.39, 0.29) is 0 Å². The fraction of sp³-hybridized carbons (Fsp3) is 0.222. The molecule has 0 radical (unpaired) electrons. The molecule has 38 heavy (non-hydrogen) atoms. The topological polar surface area (TPSA) is 6.48 Å². The van der Waals surface area contributed by atoms with Gasteiger partial charge in [-0.25, -0.2) is 0 Å². The molecule has 8 rings (SSSR count). The fourth-order valence-corrected chi connectivity index (χ4v) is 7.60. The highest BCUT2D eigenvalue weighted by atomic mass is 15.2. The number of allylic oxidation sites excluding steroid dienone is 10. The molecule has 2 heterocycles. The van der Waals surface area contributed by atoms with Crippen LogP contribution in [-0.2, 0) is 0 Å². The zero-order valence-electron chi connectivity index (χ0n) is 21.5. The zero-order chi connectivity index (χ0) is 25.1. The summed E-state index contributed by atoms with van der Waals surface area (Å²) in [5, 5.41) is 0. The molecule has 1 fully saturated rings. The van der Waals surface area contributed by atoms with Gasteiger partial charge in [0.15, 0.2) is 0 Å². The lowest BCUT2D eigenvalue weighted by atomic mass is 9.77. The zero-order valence-corrected chi connectivity index (χ0v) is 21.5. The summed E-state index contributed by atoms with van der Waals surface area (Å²) in [7, 11) is 0. The van der Waals surface area contributed by atoms with Gasteiger partial charge in [0.1, 0.15) is 0 Å². The predicted octanol–water partition coefficient (Wildman–Crippen LogP) is 8.05. The molecule has 2 aromatic carbocycles. The number of benzene rings is 2. The highest BCUT2D eigenvalue weighted by Crippen LogP contribution is 2.51. The number of fused-ring (bicyclic) bond motifs is 5. The van der Waals surface area contributed by atoms with Gasteiger partial charge in [-0.1, -0.05) is 91.1 Å². The lowest BCUT2D eigenvalue weighted by molar-refractivity contribution is 0.523. The lowest BCUT2D eigenvalue weighted by Gasteiger charge is -2.33. The van der Waals surface area contributed by atoms with Crippen molar-refractivity contribution in [3.8, 4) is 0 Å². The molecule has 0 N–H and O–H groups in total. The van der Waals surface area contributed by atoms with Crippen molar-refractivity contribution in [1.29, 1.82) is 0 Å². The van der Waals surface area contributed by atoms with Gasteiger partial charge in [-0.15, -0.1) is 0 Å². The summed E-state index contributed by atoms with van der Waals surface area (Å²) in [6.45, 7) is 0. The summed E-state index contributed by atoms with van der Waals surface area (Å²) >= 11 is 0. The third-order valence-electron chi connectivity index (χ3n) is 9.25. The maximum Gasteiger partial charge on any atom is 0.0552 e. The molecule has 0 saturated carbocycles. The number of nitrogens with zero attached hydrogens (tertiary/aromatic N) is 2. The third-order valence-corrected chi connectivity index (χ3v) is 9.25. The summed E-state index contributed by atoms with van der Waals surface area (Å²) < 4.78 is 0. The summed E-state index contributed by atoms with van der Waals surface area (Å²) in [5.41, 5.74) is 9.94. The van der Waals surface area contributed by atoms with Gasteiger partial charge in [-0.05, 0) is 72.4 Å². The monoisotopic (exact) mass is 492 g/mol. The maximum atomic E-state index is 2.63. The van der Waals surface area contributed by atoms with Crippen molar-refractivity contribution in [3.63, 3.8) is 0 Å². The van der Waals surface area contributed by atoms with Gasteiger partial charge in [-0.2, -0.15) is 0 Å². The molecule has 0 aromatic heterocycles. The van der Waals surface area contributed by atoms with Crippen LogP contribution in [0.25, 0.3) is 0 Å². The molecule has 0 amide bonds. The van der Waals surface area contributed by atoms with E-state index >= 15 is 0 Å². The normalized spacial score (nSPS) is 30.4. The second-order valence-corrected chi connectivity index (χ2v) is 11.2. The number of hydrogen-bond acceptors (Lipinski definition) is 2. The van der Waals surface area contributed by atoms with E-state index in [4.69, 9.17) is 0 Å². The second-order valence-electron chi connectivity index (χ2n) is 11.2. The minimum atomic E-state index is 0.386. The van der Waals surface area contributed by atoms with Crippen LogP contribution in [0.2, 0.25) is 0 Å². The Morgan fingerprint density at radius 3 is 2.32 bits per heavy atom. The van der Waals surface area contributed by atoms with Gasteiger partial charge in [0.05, 0.1) is 12.1 Å². The Hall–Kier alpha value is -4.04. The molecule has 5 atom stereocenters. The smallest absolute Gasteiger partial charge is 0.0552 e. The van der Waals surface area contributed by atoms with Gasteiger partial charge < -0.3 is 9.80 Å². The number of para-hydroxylation sites is 2. The fourth-order valence-electron chi connectivity index (χ4n) is 7.60. The van der Waals surface area contributed by atoms with Crippen molar-refractivity contribution < 1.29 is 0 Å². The highest BCUT2D eigenvalue weighted by molar-refractivity contribution is 5.70. The molecule has 2 nitrogen and oxygen atoms in total. The van der Waals surface area contributed by atoms with E-state index in [2.05, 4.69) is 137 Å². The van der Waals surface area contributed by atoms with Crippen molar-refractivity contribution >= 4 is 11.4 Å². The predicted molar refractivity (Wildman–Crippen MR) is 158 cm³/mol. The first-order chi connectivity index (χ1) is 18.9. The van der Waals surface area contributed by atoms with Crippen LogP contribution in [-0.4, -0.2) is 12.1 Å². The van der Waals surface area contributed by atoms with Crippen molar-refractivity contribution in [3.05, 3.63) is 156 Å². The molecule has 2 aromatic rings. The molecule has 186 valence electrons. The van der Waals surface area contributed by atoms with Gasteiger partial charge >= 0.3 is 0 Å². The van der Waals surface area contributed by atoms with Crippen LogP contribution < -0.4 is 9.80 Å². The van der Waals surface area contributed by atoms with E-state index < -0.39 is 0 Å². The van der Waals surface area contributed by atoms with Gasteiger partial charge in [0.25, 0.3) is 0 Å². The second kappa shape index (κ2) is 8.77. The average molecular weight is 493 g/mol. The standard InChI is InChI=1S/C36H32N2/c1-3-11-27(12-4-1)37-33-17-9-7-15-29(33)31-23-25(19-21-35(31)37)26-20-22-36-32(24-26)30-16-8-10-18-34(30)38(36)28-13-5-2-6-14-28/h1-7,9-15,17-23,29,31-33,35H,8,16,24H2. The van der Waals surface area contributed by atoms with E-state index in [1.807, 2.05) is 0 Å². The molecule has 4 aliphatic carbocycles. The summed E-state index contributed by atoms with van der Waals surface area (Å²) in [6, 6.07) is 22.6. The van der Waals surface area contributed by atoms with E-state index in [0.717, 1.165) is 19.3 Å². The molecule has 0 bridgehead atoms. The SMILES string of the molecule is C1=CC2C3C=C(C4=CC=C5C(C4)C4=C(C=CCC4)N5c4ccccc4)C=CC3N(c3ccccc3)C2C=C1. The average Bonchev–Trinajstić information content (AvgIpc) is 3.50. The van der Waals surface area contributed by atoms with Crippen LogP contribution in [0.4, 0.5) is 11.4 Å². The molecule has 5 unspecified atom stereocenters. The Morgan fingerprint density at radius 1 is 0.711 bits per heavy atom. The number of hydrogen-bond donors (Lipinski definition) is 0. The molecule has 2 aliphatic heterocycles. The van der Waals surface area contributed by atoms with Gasteiger partial charge in [-0.3, -0.25) is 0 Å². The van der Waals surface area contributed by atoms with Crippen molar-refractivity contribution in [2.75, 3.05) is 9.80 Å². The first kappa shape index (κ1) is 22.0. The van der Waals surface area contributed by atoms with Gasteiger partial charge in [0, 0.05) is 40.5 Å². The van der Waals surface area contributed by atoms with Crippen molar-refractivity contribution in [2.45, 2.75) is 31.3 Å². The minimum Gasteiger partial charge on any atom is -0.357 e. The first-order valence-corrected chi connectivity index (χ1v) is 14.1. The first-order valence-electron chi connectivity index (χ1n) is 14.1. The number of anilines is 2. The Bertz CT molecular complexity index is 1510. The van der Waals surface area contributed by atoms with E-state index in [9.17, 15) is 0 Å². The summed E-state index contributed by atoms with van der Waals surface area (Å²) in [6.07, 6.45) is 29.7. The van der Waals surface area contributed by atoms with Crippen LogP contribution in [0.5, 0.6) is 0 Å². The molecule has 1 saturated heterocycles. The summed E-state index contributed by atoms with van der Waals surface area (Å²) in [5.74, 6) is 1.44. The maximum absolute atomic E-state index is 2.63. The molecule has 2 heteroatoms. The molecule has 6 aliphatic rings. The molecule has 0 spiro atoms. The minimum absolute atomic E-state index is 0.386. The largest absolute Gasteiger partial charge is 0.357 e. The Morgan fingerprint density at radius 2 is 1.47 bits per heavy atom.